The predicted molar refractivity (Wildman–Crippen MR) is 197 cm³/mol. The van der Waals surface area contributed by atoms with Crippen LogP contribution in [0.25, 0.3) is 22.2 Å². The third-order valence-electron chi connectivity index (χ3n) is 9.66. The maximum Gasteiger partial charge on any atom is 0.317 e. The lowest BCUT2D eigenvalue weighted by atomic mass is 9.98. The quantitative estimate of drug-likeness (QED) is 0.127. The largest absolute Gasteiger partial charge is 0.480 e. The van der Waals surface area contributed by atoms with Crippen molar-refractivity contribution in [3.63, 3.8) is 0 Å². The fourth-order valence-corrected chi connectivity index (χ4v) is 7.29. The molecule has 0 spiro atoms. The van der Waals surface area contributed by atoms with Crippen molar-refractivity contribution in [2.75, 3.05) is 36.8 Å². The second kappa shape index (κ2) is 15.1. The normalized spacial score (nSPS) is 16.2. The molecule has 3 aromatic heterocycles. The molecule has 15 heteroatoms. The summed E-state index contributed by atoms with van der Waals surface area (Å²) in [6.45, 7) is 6.38. The molecule has 5 heterocycles. The first-order valence-electron chi connectivity index (χ1n) is 17.2. The Balaban J connectivity index is 1.15. The van der Waals surface area contributed by atoms with Crippen LogP contribution in [0.4, 0.5) is 26.0 Å². The number of β-amino-alcohol motifs (C(OH)–C–C–N with tert-alkyl or cyclic N) is 1. The number of carbonyl (C=O) groups excluding carboxylic acids is 1. The van der Waals surface area contributed by atoms with Gasteiger partial charge < -0.3 is 20.8 Å². The summed E-state index contributed by atoms with van der Waals surface area (Å²) >= 11 is 6.94. The van der Waals surface area contributed by atoms with Gasteiger partial charge in [0, 0.05) is 50.2 Å². The number of alkyl halides is 2. The number of pyridine rings is 2. The zero-order valence-electron chi connectivity index (χ0n) is 29.0. The van der Waals surface area contributed by atoms with Gasteiger partial charge >= 0.3 is 5.97 Å². The van der Waals surface area contributed by atoms with Crippen molar-refractivity contribution in [1.29, 1.82) is 0 Å². The lowest BCUT2D eigenvalue weighted by molar-refractivity contribution is -0.138. The molecule has 4 N–H and O–H groups in total. The maximum absolute atomic E-state index is 14.0. The molecule has 2 aromatic carbocycles. The van der Waals surface area contributed by atoms with Crippen LogP contribution in [0.5, 0.6) is 0 Å². The Morgan fingerprint density at radius 2 is 1.79 bits per heavy atom. The highest BCUT2D eigenvalue weighted by atomic mass is 35.5. The number of aromatic nitrogens is 4. The van der Waals surface area contributed by atoms with Gasteiger partial charge in [-0.2, -0.15) is 0 Å². The average Bonchev–Trinajstić information content (AvgIpc) is 3.53. The number of nitrogens with zero attached hydrogens (tertiary/aromatic N) is 6. The van der Waals surface area contributed by atoms with Gasteiger partial charge in [0.15, 0.2) is 11.6 Å². The zero-order chi connectivity index (χ0) is 37.4. The monoisotopic (exact) mass is 742 g/mol. The van der Waals surface area contributed by atoms with Gasteiger partial charge in [0.25, 0.3) is 12.3 Å². The third-order valence-corrected chi connectivity index (χ3v) is 10.1. The summed E-state index contributed by atoms with van der Waals surface area (Å²) in [6.07, 6.45) is -0.298. The molecule has 7 rings (SSSR count). The first-order chi connectivity index (χ1) is 25.4. The van der Waals surface area contributed by atoms with Crippen molar-refractivity contribution in [2.45, 2.75) is 52.3 Å². The molecule has 53 heavy (non-hydrogen) atoms. The van der Waals surface area contributed by atoms with E-state index in [1.54, 1.807) is 47.5 Å². The minimum Gasteiger partial charge on any atom is -0.480 e. The molecule has 274 valence electrons. The number of nitrogens with one attached hydrogen (secondary N) is 2. The number of likely N-dealkylation sites (tertiary alicyclic amines) is 1. The molecule has 1 unspecified atom stereocenters. The number of carbonyl (C=O) groups is 2. The van der Waals surface area contributed by atoms with Gasteiger partial charge in [0.1, 0.15) is 11.2 Å². The van der Waals surface area contributed by atoms with Crippen LogP contribution < -0.4 is 10.6 Å². The van der Waals surface area contributed by atoms with E-state index in [-0.39, 0.29) is 34.7 Å². The first kappa shape index (κ1) is 36.2. The van der Waals surface area contributed by atoms with E-state index in [1.807, 2.05) is 26.0 Å². The number of aliphatic hydroxyl groups excluding tert-OH is 1. The highest BCUT2D eigenvalue weighted by Gasteiger charge is 2.25. The predicted octanol–water partition coefficient (Wildman–Crippen LogP) is 6.30. The number of hydrogen-bond acceptors (Lipinski definition) is 10. The van der Waals surface area contributed by atoms with E-state index in [9.17, 15) is 28.6 Å². The Kier molecular flexibility index (Phi) is 10.3. The summed E-state index contributed by atoms with van der Waals surface area (Å²) in [5, 5.41) is 25.5. The minimum atomic E-state index is -2.91. The molecule has 0 radical (unpaired) electrons. The summed E-state index contributed by atoms with van der Waals surface area (Å²) in [7, 11) is 0. The molecular weight excluding hydrogens is 706 g/mol. The molecule has 1 atom stereocenters. The van der Waals surface area contributed by atoms with Crippen molar-refractivity contribution in [2.24, 2.45) is 0 Å². The smallest absolute Gasteiger partial charge is 0.317 e. The van der Waals surface area contributed by atoms with Crippen LogP contribution in [-0.2, 0) is 24.3 Å². The van der Waals surface area contributed by atoms with Gasteiger partial charge in [0.2, 0.25) is 0 Å². The SMILES string of the molecule is Cc1cc(C(=O)Nc2cccc(-c3cccc(Nc4nc(C(F)F)nc5cc(CN6CCC(O)C6)cnc45)c3C)c2Cl)nc2c1CCN(CC(=O)O)C2. The van der Waals surface area contributed by atoms with Gasteiger partial charge in [0.05, 0.1) is 34.6 Å². The van der Waals surface area contributed by atoms with E-state index in [2.05, 4.69) is 35.5 Å². The van der Waals surface area contributed by atoms with Crippen LogP contribution in [0.15, 0.2) is 54.7 Å². The van der Waals surface area contributed by atoms with E-state index in [0.717, 1.165) is 34.4 Å². The summed E-state index contributed by atoms with van der Waals surface area (Å²) in [6, 6.07) is 14.2. The van der Waals surface area contributed by atoms with Crippen molar-refractivity contribution < 1.29 is 28.6 Å². The van der Waals surface area contributed by atoms with E-state index in [0.29, 0.717) is 67.2 Å². The second-order valence-corrected chi connectivity index (χ2v) is 13.8. The number of carboxylic acid groups (broad SMARTS) is 1. The van der Waals surface area contributed by atoms with Crippen LogP contribution in [0.2, 0.25) is 5.02 Å². The van der Waals surface area contributed by atoms with Crippen molar-refractivity contribution >= 4 is 51.7 Å². The molecule has 0 aliphatic carbocycles. The van der Waals surface area contributed by atoms with Gasteiger partial charge in [-0.25, -0.2) is 23.7 Å². The lowest BCUT2D eigenvalue weighted by Gasteiger charge is -2.28. The maximum atomic E-state index is 14.0. The summed E-state index contributed by atoms with van der Waals surface area (Å²) in [5.74, 6) is -1.89. The van der Waals surface area contributed by atoms with Crippen LogP contribution in [-0.4, -0.2) is 84.1 Å². The van der Waals surface area contributed by atoms with E-state index in [4.69, 9.17) is 11.6 Å². The second-order valence-electron chi connectivity index (χ2n) is 13.4. The number of halogens is 3. The van der Waals surface area contributed by atoms with Crippen LogP contribution in [0.1, 0.15) is 57.1 Å². The molecule has 2 aliphatic rings. The number of aliphatic hydroxyl groups is 1. The van der Waals surface area contributed by atoms with Gasteiger partial charge in [-0.15, -0.1) is 0 Å². The number of aliphatic carboxylic acids is 1. The summed E-state index contributed by atoms with van der Waals surface area (Å²) < 4.78 is 28.0. The van der Waals surface area contributed by atoms with Crippen LogP contribution in [0, 0.1) is 13.8 Å². The lowest BCUT2D eigenvalue weighted by Crippen LogP contribution is -2.36. The van der Waals surface area contributed by atoms with Gasteiger partial charge in [-0.05, 0) is 78.8 Å². The average molecular weight is 743 g/mol. The Morgan fingerprint density at radius 1 is 1.02 bits per heavy atom. The molecule has 0 bridgehead atoms. The molecule has 1 amide bonds. The van der Waals surface area contributed by atoms with E-state index >= 15 is 0 Å². The van der Waals surface area contributed by atoms with Crippen molar-refractivity contribution in [1.82, 2.24) is 29.7 Å². The highest BCUT2D eigenvalue weighted by Crippen LogP contribution is 2.39. The summed E-state index contributed by atoms with van der Waals surface area (Å²) in [4.78, 5) is 46.0. The topological polar surface area (TPSA) is 157 Å². The molecule has 1 fully saturated rings. The number of benzene rings is 2. The van der Waals surface area contributed by atoms with Crippen LogP contribution >= 0.6 is 11.6 Å². The number of carboxylic acids is 1. The fourth-order valence-electron chi connectivity index (χ4n) is 7.02. The Labute approximate surface area is 308 Å². The molecule has 5 aromatic rings. The number of anilines is 3. The minimum absolute atomic E-state index is 0.106. The van der Waals surface area contributed by atoms with Crippen molar-refractivity contribution in [3.05, 3.63) is 99.2 Å². The van der Waals surface area contributed by atoms with Gasteiger partial charge in [-0.1, -0.05) is 35.9 Å². The Bertz CT molecular complexity index is 2240. The van der Waals surface area contributed by atoms with Crippen LogP contribution in [0.3, 0.4) is 0 Å². The number of aryl methyl sites for hydroxylation is 1. The summed E-state index contributed by atoms with van der Waals surface area (Å²) in [5.41, 5.74) is 7.23. The Hall–Kier alpha value is -5.15. The number of fused-ring (bicyclic) bond motifs is 2. The number of amides is 1. The first-order valence-corrected chi connectivity index (χ1v) is 17.6. The van der Waals surface area contributed by atoms with Crippen molar-refractivity contribution in [3.8, 4) is 11.1 Å². The third kappa shape index (κ3) is 7.81. The van der Waals surface area contributed by atoms with E-state index < -0.39 is 24.1 Å². The number of rotatable bonds is 10. The van der Waals surface area contributed by atoms with E-state index in [1.165, 1.54) is 0 Å². The molecule has 2 aliphatic heterocycles. The zero-order valence-corrected chi connectivity index (χ0v) is 29.8. The molecule has 12 nitrogen and oxygen atoms in total. The van der Waals surface area contributed by atoms with Gasteiger partial charge in [-0.3, -0.25) is 24.4 Å². The standard InChI is InChI=1S/C38H37ClF2N8O4/c1-20-13-30(43-31-18-49(19-32(51)52)12-10-24(20)31)38(53)46-28-8-4-6-26(33(28)39)25-5-3-7-27(21(25)2)44-36-34-29(45-37(47-36)35(40)41)14-22(15-42-34)16-48-11-9-23(50)17-48/h3-8,13-15,23,35,50H,9-12,16-19H2,1-2H3,(H,46,53)(H,51,52)(H,44,45,47). The molecule has 1 saturated heterocycles. The molecular formula is C38H37ClF2N8O4. The number of hydrogen-bond donors (Lipinski definition) is 4. The Morgan fingerprint density at radius 3 is 2.53 bits per heavy atom. The highest BCUT2D eigenvalue weighted by molar-refractivity contribution is 6.36. The fraction of sp³-hybridized carbons (Fsp3) is 0.316. The molecule has 0 saturated carbocycles.